The number of nitrogens with two attached hydrogens (primary N) is 1. The Bertz CT molecular complexity index is 147. The van der Waals surface area contributed by atoms with Crippen molar-refractivity contribution in [2.45, 2.75) is 30.5 Å². The monoisotopic (exact) mass is 193 g/mol. The molecule has 0 saturated carbocycles. The first-order valence-electron chi connectivity index (χ1n) is 4.12. The first kappa shape index (κ1) is 10.8. The summed E-state index contributed by atoms with van der Waals surface area (Å²) in [4.78, 5) is 0. The van der Waals surface area contributed by atoms with Crippen LogP contribution in [0.3, 0.4) is 0 Å². The summed E-state index contributed by atoms with van der Waals surface area (Å²) >= 11 is 0. The van der Waals surface area contributed by atoms with Gasteiger partial charge in [0.25, 0.3) is 0 Å². The molecule has 0 aromatic heterocycles. The van der Waals surface area contributed by atoms with Crippen LogP contribution >= 0.6 is 0 Å². The lowest BCUT2D eigenvalue weighted by molar-refractivity contribution is -0.226. The molecule has 6 nitrogen and oxygen atoms in total. The highest BCUT2D eigenvalue weighted by atomic mass is 16.5. The predicted molar refractivity (Wildman–Crippen MR) is 42.8 cm³/mol. The molecule has 1 rings (SSSR count). The largest absolute Gasteiger partial charge is 0.394 e. The first-order valence-corrected chi connectivity index (χ1v) is 4.12. The molecule has 0 spiro atoms. The van der Waals surface area contributed by atoms with Gasteiger partial charge in [-0.25, -0.2) is 0 Å². The Morgan fingerprint density at radius 3 is 2.00 bits per heavy atom. The second kappa shape index (κ2) is 4.32. The molecular formula is C7H15NO5. The van der Waals surface area contributed by atoms with Gasteiger partial charge in [-0.15, -0.1) is 0 Å². The van der Waals surface area contributed by atoms with Gasteiger partial charge in [-0.3, -0.25) is 0 Å². The molecule has 78 valence electrons. The standard InChI is InChI=1S/C7H15NO5/c8-1-3-5(10)7(12)6(11)4(2-9)13-3/h3-7,9-12H,1-2,8H2/t3-,4-,5+,6-,7-/m1/s1. The summed E-state index contributed by atoms with van der Waals surface area (Å²) in [7, 11) is 0. The van der Waals surface area contributed by atoms with Crippen LogP contribution in [-0.4, -0.2) is 64.1 Å². The van der Waals surface area contributed by atoms with Crippen molar-refractivity contribution in [2.75, 3.05) is 13.2 Å². The molecule has 6 N–H and O–H groups in total. The summed E-state index contributed by atoms with van der Waals surface area (Å²) in [5.74, 6) is 0. The van der Waals surface area contributed by atoms with Crippen molar-refractivity contribution < 1.29 is 25.2 Å². The lowest BCUT2D eigenvalue weighted by Crippen LogP contribution is -2.60. The van der Waals surface area contributed by atoms with E-state index >= 15 is 0 Å². The van der Waals surface area contributed by atoms with Crippen LogP contribution in [0.4, 0.5) is 0 Å². The minimum absolute atomic E-state index is 0.0292. The Morgan fingerprint density at radius 1 is 1.00 bits per heavy atom. The molecule has 5 atom stereocenters. The van der Waals surface area contributed by atoms with Crippen LogP contribution in [0, 0.1) is 0 Å². The zero-order valence-corrected chi connectivity index (χ0v) is 7.08. The van der Waals surface area contributed by atoms with Crippen molar-refractivity contribution >= 4 is 0 Å². The third-order valence-electron chi connectivity index (χ3n) is 2.22. The molecule has 1 saturated heterocycles. The van der Waals surface area contributed by atoms with Crippen molar-refractivity contribution in [1.82, 2.24) is 0 Å². The summed E-state index contributed by atoms with van der Waals surface area (Å²) in [6, 6.07) is 0. The molecule has 0 radical (unpaired) electrons. The van der Waals surface area contributed by atoms with Gasteiger partial charge < -0.3 is 30.9 Å². The molecule has 0 unspecified atom stereocenters. The number of ether oxygens (including phenoxy) is 1. The maximum absolute atomic E-state index is 9.32. The molecule has 1 aliphatic heterocycles. The smallest absolute Gasteiger partial charge is 0.111 e. The van der Waals surface area contributed by atoms with Gasteiger partial charge in [0.05, 0.1) is 12.7 Å². The van der Waals surface area contributed by atoms with Crippen LogP contribution in [0.15, 0.2) is 0 Å². The molecule has 0 aromatic rings. The topological polar surface area (TPSA) is 116 Å². The predicted octanol–water partition coefficient (Wildman–Crippen LogP) is -3.21. The normalized spacial score (nSPS) is 46.4. The Kier molecular flexibility index (Phi) is 3.60. The van der Waals surface area contributed by atoms with Crippen molar-refractivity contribution in [2.24, 2.45) is 5.73 Å². The number of aliphatic hydroxyl groups excluding tert-OH is 4. The van der Waals surface area contributed by atoms with Crippen molar-refractivity contribution in [3.05, 3.63) is 0 Å². The van der Waals surface area contributed by atoms with Crippen molar-refractivity contribution in [3.63, 3.8) is 0 Å². The van der Waals surface area contributed by atoms with E-state index in [-0.39, 0.29) is 6.54 Å². The number of hydrogen-bond donors (Lipinski definition) is 5. The first-order chi connectivity index (χ1) is 6.11. The summed E-state index contributed by atoms with van der Waals surface area (Å²) in [5, 5.41) is 36.7. The van der Waals surface area contributed by atoms with Gasteiger partial charge >= 0.3 is 0 Å². The molecule has 0 bridgehead atoms. The molecular weight excluding hydrogens is 178 g/mol. The summed E-state index contributed by atoms with van der Waals surface area (Å²) < 4.78 is 5.04. The maximum atomic E-state index is 9.32. The van der Waals surface area contributed by atoms with E-state index in [9.17, 15) is 15.3 Å². The summed E-state index contributed by atoms with van der Waals surface area (Å²) in [6.07, 6.45) is -5.42. The van der Waals surface area contributed by atoms with E-state index in [1.165, 1.54) is 0 Å². The average Bonchev–Trinajstić information content (AvgIpc) is 2.15. The van der Waals surface area contributed by atoms with E-state index in [0.717, 1.165) is 0 Å². The Balaban J connectivity index is 2.66. The second-order valence-electron chi connectivity index (χ2n) is 3.10. The average molecular weight is 193 g/mol. The van der Waals surface area contributed by atoms with E-state index in [2.05, 4.69) is 0 Å². The second-order valence-corrected chi connectivity index (χ2v) is 3.10. The zero-order chi connectivity index (χ0) is 10.0. The minimum Gasteiger partial charge on any atom is -0.394 e. The van der Waals surface area contributed by atoms with Gasteiger partial charge in [0.1, 0.15) is 24.4 Å². The number of hydrogen-bond acceptors (Lipinski definition) is 6. The molecule has 1 heterocycles. The zero-order valence-electron chi connectivity index (χ0n) is 7.08. The van der Waals surface area contributed by atoms with Crippen molar-refractivity contribution in [1.29, 1.82) is 0 Å². The van der Waals surface area contributed by atoms with Gasteiger partial charge in [-0.2, -0.15) is 0 Å². The molecule has 1 fully saturated rings. The van der Waals surface area contributed by atoms with Crippen LogP contribution in [0.25, 0.3) is 0 Å². The third kappa shape index (κ3) is 1.98. The third-order valence-corrected chi connectivity index (χ3v) is 2.22. The van der Waals surface area contributed by atoms with Gasteiger partial charge in [0, 0.05) is 6.54 Å². The van der Waals surface area contributed by atoms with E-state index < -0.39 is 37.1 Å². The van der Waals surface area contributed by atoms with E-state index in [0.29, 0.717) is 0 Å². The number of aliphatic hydroxyl groups is 4. The highest BCUT2D eigenvalue weighted by molar-refractivity contribution is 4.92. The minimum atomic E-state index is -1.32. The van der Waals surface area contributed by atoms with Gasteiger partial charge in [-0.05, 0) is 0 Å². The maximum Gasteiger partial charge on any atom is 0.111 e. The number of rotatable bonds is 2. The lowest BCUT2D eigenvalue weighted by atomic mass is 9.95. The SMILES string of the molecule is NC[C@H]1O[C@H](CO)[C@@H](O)[C@H](O)[C@H]1O. The van der Waals surface area contributed by atoms with Crippen LogP contribution in [0.1, 0.15) is 0 Å². The molecule has 0 amide bonds. The fourth-order valence-corrected chi connectivity index (χ4v) is 1.37. The van der Waals surface area contributed by atoms with Gasteiger partial charge in [0.2, 0.25) is 0 Å². The quantitative estimate of drug-likeness (QED) is 0.315. The highest BCUT2D eigenvalue weighted by Gasteiger charge is 2.42. The molecule has 0 aliphatic carbocycles. The highest BCUT2D eigenvalue weighted by Crippen LogP contribution is 2.20. The molecule has 13 heavy (non-hydrogen) atoms. The van der Waals surface area contributed by atoms with Crippen LogP contribution < -0.4 is 5.73 Å². The Labute approximate surface area is 75.6 Å². The fraction of sp³-hybridized carbons (Fsp3) is 1.00. The van der Waals surface area contributed by atoms with E-state index in [1.807, 2.05) is 0 Å². The van der Waals surface area contributed by atoms with Crippen molar-refractivity contribution in [3.8, 4) is 0 Å². The van der Waals surface area contributed by atoms with Gasteiger partial charge in [-0.1, -0.05) is 0 Å². The molecule has 6 heteroatoms. The summed E-state index contributed by atoms with van der Waals surface area (Å²) in [5.41, 5.74) is 5.26. The van der Waals surface area contributed by atoms with Crippen LogP contribution in [-0.2, 0) is 4.74 Å². The van der Waals surface area contributed by atoms with Gasteiger partial charge in [0.15, 0.2) is 0 Å². The Morgan fingerprint density at radius 2 is 1.54 bits per heavy atom. The van der Waals surface area contributed by atoms with E-state index in [1.54, 1.807) is 0 Å². The Hall–Kier alpha value is -0.240. The lowest BCUT2D eigenvalue weighted by Gasteiger charge is -2.39. The summed E-state index contributed by atoms with van der Waals surface area (Å²) in [6.45, 7) is -0.386. The molecule has 0 aromatic carbocycles. The van der Waals surface area contributed by atoms with Crippen LogP contribution in [0.5, 0.6) is 0 Å². The van der Waals surface area contributed by atoms with E-state index in [4.69, 9.17) is 15.6 Å². The fourth-order valence-electron chi connectivity index (χ4n) is 1.37. The van der Waals surface area contributed by atoms with Crippen LogP contribution in [0.2, 0.25) is 0 Å². The molecule has 1 aliphatic rings.